The molecule has 2 rings (SSSR count). The minimum absolute atomic E-state index is 0.140. The molecule has 0 radical (unpaired) electrons. The van der Waals surface area contributed by atoms with E-state index in [9.17, 15) is 9.18 Å². The summed E-state index contributed by atoms with van der Waals surface area (Å²) in [6.07, 6.45) is 0. The Morgan fingerprint density at radius 2 is 1.90 bits per heavy atom. The van der Waals surface area contributed by atoms with Crippen molar-refractivity contribution in [2.75, 3.05) is 18.2 Å². The van der Waals surface area contributed by atoms with E-state index < -0.39 is 5.97 Å². The van der Waals surface area contributed by atoms with E-state index in [4.69, 9.17) is 10.5 Å². The van der Waals surface area contributed by atoms with E-state index in [1.165, 1.54) is 19.2 Å². The van der Waals surface area contributed by atoms with E-state index in [2.05, 4.69) is 5.32 Å². The number of nitrogen functional groups attached to an aromatic ring is 1. The number of methoxy groups -OCH3 is 1. The van der Waals surface area contributed by atoms with Crippen molar-refractivity contribution in [2.24, 2.45) is 0 Å². The Hall–Kier alpha value is -2.56. The molecule has 0 aliphatic carbocycles. The summed E-state index contributed by atoms with van der Waals surface area (Å²) in [5.74, 6) is -0.753. The highest BCUT2D eigenvalue weighted by Gasteiger charge is 2.16. The molecule has 3 N–H and O–H groups in total. The Balaban J connectivity index is 2.30. The van der Waals surface area contributed by atoms with Crippen LogP contribution in [0.15, 0.2) is 42.5 Å². The number of ether oxygens (including phenoxy) is 1. The van der Waals surface area contributed by atoms with Crippen molar-refractivity contribution in [2.45, 2.75) is 13.0 Å². The largest absolute Gasteiger partial charge is 0.465 e. The van der Waals surface area contributed by atoms with Crippen molar-refractivity contribution >= 4 is 17.3 Å². The number of carbonyl (C=O) groups excluding carboxylic acids is 1. The summed E-state index contributed by atoms with van der Waals surface area (Å²) >= 11 is 0. The van der Waals surface area contributed by atoms with Crippen LogP contribution in [0.5, 0.6) is 0 Å². The van der Waals surface area contributed by atoms with Gasteiger partial charge in [0, 0.05) is 6.04 Å². The molecule has 2 aromatic carbocycles. The van der Waals surface area contributed by atoms with Gasteiger partial charge in [-0.3, -0.25) is 0 Å². The highest BCUT2D eigenvalue weighted by atomic mass is 19.1. The number of benzene rings is 2. The Bertz CT molecular complexity index is 641. The van der Waals surface area contributed by atoms with Crippen molar-refractivity contribution in [1.82, 2.24) is 0 Å². The van der Waals surface area contributed by atoms with Crippen LogP contribution in [0.25, 0.3) is 0 Å². The zero-order chi connectivity index (χ0) is 15.4. The number of rotatable bonds is 4. The average molecular weight is 288 g/mol. The fourth-order valence-corrected chi connectivity index (χ4v) is 2.06. The first-order valence-electron chi connectivity index (χ1n) is 6.51. The van der Waals surface area contributed by atoms with Gasteiger partial charge in [-0.2, -0.15) is 0 Å². The van der Waals surface area contributed by atoms with E-state index in [-0.39, 0.29) is 11.9 Å². The lowest BCUT2D eigenvalue weighted by Gasteiger charge is -2.19. The molecule has 110 valence electrons. The van der Waals surface area contributed by atoms with E-state index >= 15 is 0 Å². The third kappa shape index (κ3) is 3.31. The highest BCUT2D eigenvalue weighted by Crippen LogP contribution is 2.28. The number of para-hydroxylation sites is 1. The summed E-state index contributed by atoms with van der Waals surface area (Å²) in [5, 5.41) is 3.18. The predicted octanol–water partition coefficient (Wildman–Crippen LogP) is 3.37. The van der Waals surface area contributed by atoms with Crippen LogP contribution in [0.1, 0.15) is 28.9 Å². The topological polar surface area (TPSA) is 64.3 Å². The van der Waals surface area contributed by atoms with E-state index in [0.717, 1.165) is 5.56 Å². The van der Waals surface area contributed by atoms with Crippen LogP contribution in [-0.4, -0.2) is 13.1 Å². The maximum absolute atomic E-state index is 13.0. The second-order valence-electron chi connectivity index (χ2n) is 4.68. The Morgan fingerprint density at radius 1 is 1.24 bits per heavy atom. The summed E-state index contributed by atoms with van der Waals surface area (Å²) in [6, 6.07) is 11.0. The van der Waals surface area contributed by atoms with Crippen molar-refractivity contribution < 1.29 is 13.9 Å². The van der Waals surface area contributed by atoms with Crippen LogP contribution in [-0.2, 0) is 4.74 Å². The van der Waals surface area contributed by atoms with Crippen molar-refractivity contribution in [3.05, 3.63) is 59.4 Å². The molecule has 1 atom stereocenters. The maximum Gasteiger partial charge on any atom is 0.340 e. The lowest BCUT2D eigenvalue weighted by molar-refractivity contribution is 0.0602. The number of hydrogen-bond donors (Lipinski definition) is 2. The molecule has 0 bridgehead atoms. The smallest absolute Gasteiger partial charge is 0.340 e. The summed E-state index contributed by atoms with van der Waals surface area (Å²) in [6.45, 7) is 1.90. The number of esters is 1. The van der Waals surface area contributed by atoms with Gasteiger partial charge in [0.15, 0.2) is 0 Å². The number of nitrogens with two attached hydrogens (primary N) is 1. The first-order chi connectivity index (χ1) is 10.0. The van der Waals surface area contributed by atoms with Crippen molar-refractivity contribution in [3.63, 3.8) is 0 Å². The van der Waals surface area contributed by atoms with Gasteiger partial charge in [-0.25, -0.2) is 9.18 Å². The van der Waals surface area contributed by atoms with Gasteiger partial charge in [-0.15, -0.1) is 0 Å². The average Bonchev–Trinajstić information content (AvgIpc) is 2.49. The fraction of sp³-hybridized carbons (Fsp3) is 0.188. The summed E-state index contributed by atoms with van der Waals surface area (Å²) in [7, 11) is 1.32. The molecule has 0 aliphatic heterocycles. The fourth-order valence-electron chi connectivity index (χ4n) is 2.06. The number of nitrogens with one attached hydrogen (secondary N) is 1. The molecule has 0 saturated heterocycles. The summed E-state index contributed by atoms with van der Waals surface area (Å²) in [4.78, 5) is 11.8. The van der Waals surface area contributed by atoms with Gasteiger partial charge < -0.3 is 15.8 Å². The van der Waals surface area contributed by atoms with Gasteiger partial charge in [-0.05, 0) is 36.8 Å². The number of halogens is 1. The molecule has 0 fully saturated rings. The molecular formula is C16H17FN2O2. The van der Waals surface area contributed by atoms with Crippen LogP contribution < -0.4 is 11.1 Å². The van der Waals surface area contributed by atoms with E-state index in [0.29, 0.717) is 16.9 Å². The number of hydrogen-bond acceptors (Lipinski definition) is 4. The third-order valence-electron chi connectivity index (χ3n) is 3.23. The molecule has 0 amide bonds. The van der Waals surface area contributed by atoms with Crippen molar-refractivity contribution in [1.29, 1.82) is 0 Å². The molecule has 0 saturated carbocycles. The normalized spacial score (nSPS) is 11.8. The van der Waals surface area contributed by atoms with E-state index in [1.807, 2.05) is 6.92 Å². The van der Waals surface area contributed by atoms with E-state index in [1.54, 1.807) is 30.3 Å². The standard InChI is InChI=1S/C16H17FN2O2/c1-10(11-6-8-12(17)9-7-11)19-15-13(16(20)21-2)4-3-5-14(15)18/h3-10,19H,18H2,1-2H3. The monoisotopic (exact) mass is 288 g/mol. The molecule has 0 aromatic heterocycles. The van der Waals surface area contributed by atoms with Gasteiger partial charge in [-0.1, -0.05) is 18.2 Å². The summed E-state index contributed by atoms with van der Waals surface area (Å²) in [5.41, 5.74) is 8.15. The van der Waals surface area contributed by atoms with Crippen LogP contribution in [0.3, 0.4) is 0 Å². The molecule has 1 unspecified atom stereocenters. The highest BCUT2D eigenvalue weighted by molar-refractivity contribution is 5.98. The van der Waals surface area contributed by atoms with Crippen LogP contribution in [0, 0.1) is 5.82 Å². The number of anilines is 2. The molecule has 21 heavy (non-hydrogen) atoms. The maximum atomic E-state index is 13.0. The SMILES string of the molecule is COC(=O)c1cccc(N)c1NC(C)c1ccc(F)cc1. The second-order valence-corrected chi connectivity index (χ2v) is 4.68. The molecular weight excluding hydrogens is 271 g/mol. The van der Waals surface area contributed by atoms with Gasteiger partial charge in [0.05, 0.1) is 24.0 Å². The first-order valence-corrected chi connectivity index (χ1v) is 6.51. The third-order valence-corrected chi connectivity index (χ3v) is 3.23. The van der Waals surface area contributed by atoms with Gasteiger partial charge in [0.2, 0.25) is 0 Å². The van der Waals surface area contributed by atoms with Crippen LogP contribution in [0.4, 0.5) is 15.8 Å². The Morgan fingerprint density at radius 3 is 2.52 bits per heavy atom. The van der Waals surface area contributed by atoms with Crippen molar-refractivity contribution in [3.8, 4) is 0 Å². The summed E-state index contributed by atoms with van der Waals surface area (Å²) < 4.78 is 17.7. The first kappa shape index (κ1) is 14.8. The minimum Gasteiger partial charge on any atom is -0.465 e. The minimum atomic E-state index is -0.462. The second kappa shape index (κ2) is 6.26. The molecule has 5 heteroatoms. The zero-order valence-electron chi connectivity index (χ0n) is 11.9. The van der Waals surface area contributed by atoms with Gasteiger partial charge in [0.25, 0.3) is 0 Å². The predicted molar refractivity (Wildman–Crippen MR) is 80.6 cm³/mol. The number of carbonyl (C=O) groups is 1. The van der Waals surface area contributed by atoms with Gasteiger partial charge >= 0.3 is 5.97 Å². The lowest BCUT2D eigenvalue weighted by Crippen LogP contribution is -2.13. The van der Waals surface area contributed by atoms with Crippen LogP contribution >= 0.6 is 0 Å². The Labute approximate surface area is 122 Å². The van der Waals surface area contributed by atoms with Crippen LogP contribution in [0.2, 0.25) is 0 Å². The quantitative estimate of drug-likeness (QED) is 0.669. The molecule has 2 aromatic rings. The zero-order valence-corrected chi connectivity index (χ0v) is 11.9. The van der Waals surface area contributed by atoms with Gasteiger partial charge in [0.1, 0.15) is 5.82 Å². The molecule has 0 aliphatic rings. The lowest BCUT2D eigenvalue weighted by atomic mass is 10.1. The Kier molecular flexibility index (Phi) is 4.42. The molecule has 4 nitrogen and oxygen atoms in total. The molecule has 0 spiro atoms. The molecule has 0 heterocycles.